The van der Waals surface area contributed by atoms with E-state index in [9.17, 15) is 19.5 Å². The largest absolute Gasteiger partial charge is 0.508 e. The molecule has 0 unspecified atom stereocenters. The monoisotopic (exact) mass is 368 g/mol. The first kappa shape index (κ1) is 18.2. The Bertz CT molecular complexity index is 1060. The van der Waals surface area contributed by atoms with E-state index in [-0.39, 0.29) is 11.4 Å². The number of carbonyl (C=O) groups is 2. The number of benzene rings is 2. The zero-order valence-corrected chi connectivity index (χ0v) is 15.0. The van der Waals surface area contributed by atoms with Crippen LogP contribution in [-0.2, 0) is 30.1 Å². The topological polar surface area (TPSA) is 105 Å². The van der Waals surface area contributed by atoms with E-state index in [2.05, 4.69) is 10.6 Å². The van der Waals surface area contributed by atoms with E-state index >= 15 is 0 Å². The van der Waals surface area contributed by atoms with Crippen LogP contribution >= 0.6 is 0 Å². The maximum atomic E-state index is 12.1. The number of phenols is 1. The Kier molecular flexibility index (Phi) is 4.98. The maximum absolute atomic E-state index is 12.1. The Morgan fingerprint density at radius 2 is 1.63 bits per heavy atom. The van der Waals surface area contributed by atoms with Crippen molar-refractivity contribution in [3.63, 3.8) is 0 Å². The van der Waals surface area contributed by atoms with E-state index in [1.165, 1.54) is 9.13 Å². The molecular formula is C19H20N4O4. The first-order chi connectivity index (χ1) is 12.9. The number of aryl methyl sites for hydroxylation is 2. The van der Waals surface area contributed by atoms with Gasteiger partial charge in [0.2, 0.25) is 0 Å². The molecule has 0 fully saturated rings. The van der Waals surface area contributed by atoms with Gasteiger partial charge in [0, 0.05) is 26.3 Å². The highest BCUT2D eigenvalue weighted by molar-refractivity contribution is 6.39. The summed E-state index contributed by atoms with van der Waals surface area (Å²) in [5, 5.41) is 14.3. The van der Waals surface area contributed by atoms with Crippen LogP contribution in [0.4, 0.5) is 5.69 Å². The lowest BCUT2D eigenvalue weighted by atomic mass is 10.1. The number of imidazole rings is 1. The minimum Gasteiger partial charge on any atom is -0.508 e. The van der Waals surface area contributed by atoms with Crippen molar-refractivity contribution in [1.29, 1.82) is 0 Å². The first-order valence-corrected chi connectivity index (χ1v) is 8.39. The Morgan fingerprint density at radius 3 is 2.33 bits per heavy atom. The molecule has 27 heavy (non-hydrogen) atoms. The van der Waals surface area contributed by atoms with Crippen LogP contribution in [0.2, 0.25) is 0 Å². The lowest BCUT2D eigenvalue weighted by Gasteiger charge is -2.07. The third kappa shape index (κ3) is 3.84. The first-order valence-electron chi connectivity index (χ1n) is 8.39. The number of aromatic hydroxyl groups is 1. The smallest absolute Gasteiger partial charge is 0.328 e. The van der Waals surface area contributed by atoms with E-state index < -0.39 is 11.8 Å². The summed E-state index contributed by atoms with van der Waals surface area (Å²) in [6.07, 6.45) is 0.539. The number of fused-ring (bicyclic) bond motifs is 1. The van der Waals surface area contributed by atoms with Gasteiger partial charge in [0.1, 0.15) is 5.75 Å². The van der Waals surface area contributed by atoms with Crippen molar-refractivity contribution in [2.45, 2.75) is 6.42 Å². The molecule has 3 rings (SSSR count). The SMILES string of the molecule is Cn1c(=O)n(C)c2cc(NC(=O)C(=O)NCCc3ccc(O)cc3)ccc21. The van der Waals surface area contributed by atoms with Crippen LogP contribution < -0.4 is 16.3 Å². The van der Waals surface area contributed by atoms with Crippen LogP contribution in [0, 0.1) is 0 Å². The lowest BCUT2D eigenvalue weighted by molar-refractivity contribution is -0.136. The average molecular weight is 368 g/mol. The van der Waals surface area contributed by atoms with Gasteiger partial charge in [-0.2, -0.15) is 0 Å². The molecule has 3 N–H and O–H groups in total. The van der Waals surface area contributed by atoms with Crippen LogP contribution in [0.25, 0.3) is 11.0 Å². The van der Waals surface area contributed by atoms with Gasteiger partial charge in [-0.15, -0.1) is 0 Å². The molecule has 0 saturated carbocycles. The third-order valence-corrected chi connectivity index (χ3v) is 4.37. The average Bonchev–Trinajstić information content (AvgIpc) is 2.87. The van der Waals surface area contributed by atoms with Crippen molar-refractivity contribution in [1.82, 2.24) is 14.5 Å². The highest BCUT2D eigenvalue weighted by Crippen LogP contribution is 2.17. The number of amides is 2. The molecule has 0 aliphatic heterocycles. The third-order valence-electron chi connectivity index (χ3n) is 4.37. The molecule has 2 amide bonds. The summed E-state index contributed by atoms with van der Waals surface area (Å²) >= 11 is 0. The Hall–Kier alpha value is -3.55. The van der Waals surface area contributed by atoms with Gasteiger partial charge in [-0.25, -0.2) is 4.79 Å². The number of phenolic OH excluding ortho intramolecular Hbond substituents is 1. The number of anilines is 1. The minimum atomic E-state index is -0.777. The molecule has 1 heterocycles. The van der Waals surface area contributed by atoms with E-state index in [0.717, 1.165) is 11.1 Å². The second-order valence-corrected chi connectivity index (χ2v) is 6.23. The molecular weight excluding hydrogens is 348 g/mol. The fourth-order valence-electron chi connectivity index (χ4n) is 2.84. The van der Waals surface area contributed by atoms with Crippen molar-refractivity contribution in [3.05, 3.63) is 58.5 Å². The molecule has 0 atom stereocenters. The van der Waals surface area contributed by atoms with Gasteiger partial charge in [-0.05, 0) is 42.3 Å². The van der Waals surface area contributed by atoms with E-state index in [1.54, 1.807) is 56.6 Å². The molecule has 3 aromatic rings. The van der Waals surface area contributed by atoms with Crippen molar-refractivity contribution >= 4 is 28.5 Å². The summed E-state index contributed by atoms with van der Waals surface area (Å²) in [5.74, 6) is -1.34. The Balaban J connectivity index is 1.60. The van der Waals surface area contributed by atoms with Crippen molar-refractivity contribution in [2.24, 2.45) is 14.1 Å². The maximum Gasteiger partial charge on any atom is 0.328 e. The molecule has 140 valence electrons. The number of hydrogen-bond donors (Lipinski definition) is 3. The minimum absolute atomic E-state index is 0.166. The molecule has 0 spiro atoms. The summed E-state index contributed by atoms with van der Waals surface area (Å²) in [5.41, 5.74) is 2.60. The number of rotatable bonds is 4. The summed E-state index contributed by atoms with van der Waals surface area (Å²) in [4.78, 5) is 36.0. The van der Waals surface area contributed by atoms with Gasteiger partial charge in [0.15, 0.2) is 0 Å². The molecule has 0 aliphatic rings. The lowest BCUT2D eigenvalue weighted by Crippen LogP contribution is -2.36. The second-order valence-electron chi connectivity index (χ2n) is 6.23. The van der Waals surface area contributed by atoms with Gasteiger partial charge >= 0.3 is 17.5 Å². The molecule has 1 aromatic heterocycles. The van der Waals surface area contributed by atoms with Gasteiger partial charge in [-0.3, -0.25) is 18.7 Å². The van der Waals surface area contributed by atoms with E-state index in [0.29, 0.717) is 24.2 Å². The van der Waals surface area contributed by atoms with Crippen LogP contribution in [0.3, 0.4) is 0 Å². The molecule has 8 heteroatoms. The molecule has 8 nitrogen and oxygen atoms in total. The van der Waals surface area contributed by atoms with Crippen molar-refractivity contribution < 1.29 is 14.7 Å². The van der Waals surface area contributed by atoms with E-state index in [1.807, 2.05) is 0 Å². The van der Waals surface area contributed by atoms with Gasteiger partial charge in [0.25, 0.3) is 0 Å². The highest BCUT2D eigenvalue weighted by Gasteiger charge is 2.14. The number of aromatic nitrogens is 2. The number of nitrogens with zero attached hydrogens (tertiary/aromatic N) is 2. The molecule has 0 bridgehead atoms. The Labute approximate surface area is 155 Å². The van der Waals surface area contributed by atoms with E-state index in [4.69, 9.17) is 0 Å². The second kappa shape index (κ2) is 7.36. The Morgan fingerprint density at radius 1 is 0.963 bits per heavy atom. The van der Waals surface area contributed by atoms with Crippen LogP contribution in [0.5, 0.6) is 5.75 Å². The predicted molar refractivity (Wildman–Crippen MR) is 102 cm³/mol. The predicted octanol–water partition coefficient (Wildman–Crippen LogP) is 0.880. The fraction of sp³-hybridized carbons (Fsp3) is 0.211. The van der Waals surface area contributed by atoms with Gasteiger partial charge < -0.3 is 15.7 Å². The number of hydrogen-bond acceptors (Lipinski definition) is 4. The zero-order valence-electron chi connectivity index (χ0n) is 15.0. The van der Waals surface area contributed by atoms with Gasteiger partial charge in [-0.1, -0.05) is 12.1 Å². The zero-order chi connectivity index (χ0) is 19.6. The standard InChI is InChI=1S/C19H20N4O4/c1-22-15-8-5-13(11-16(15)23(2)19(22)27)21-18(26)17(25)20-10-9-12-3-6-14(24)7-4-12/h3-8,11,24H,9-10H2,1-2H3,(H,20,25)(H,21,26). The summed E-state index contributed by atoms with van der Waals surface area (Å²) in [6.45, 7) is 0.295. The fourth-order valence-corrected chi connectivity index (χ4v) is 2.84. The quantitative estimate of drug-likeness (QED) is 0.595. The summed E-state index contributed by atoms with van der Waals surface area (Å²) in [7, 11) is 3.32. The van der Waals surface area contributed by atoms with Crippen LogP contribution in [0.15, 0.2) is 47.3 Å². The summed E-state index contributed by atoms with van der Waals surface area (Å²) < 4.78 is 2.99. The molecule has 0 saturated heterocycles. The number of nitrogens with one attached hydrogen (secondary N) is 2. The van der Waals surface area contributed by atoms with Gasteiger partial charge in [0.05, 0.1) is 11.0 Å². The molecule has 2 aromatic carbocycles. The highest BCUT2D eigenvalue weighted by atomic mass is 16.3. The number of carbonyl (C=O) groups excluding carboxylic acids is 2. The normalized spacial score (nSPS) is 10.7. The van der Waals surface area contributed by atoms with Crippen molar-refractivity contribution in [2.75, 3.05) is 11.9 Å². The summed E-state index contributed by atoms with van der Waals surface area (Å²) in [6, 6.07) is 11.6. The van der Waals surface area contributed by atoms with Crippen molar-refractivity contribution in [3.8, 4) is 5.75 Å². The molecule has 0 radical (unpaired) electrons. The van der Waals surface area contributed by atoms with Crippen LogP contribution in [0.1, 0.15) is 5.56 Å². The molecule has 0 aliphatic carbocycles. The van der Waals surface area contributed by atoms with Crippen LogP contribution in [-0.4, -0.2) is 32.6 Å².